The van der Waals surface area contributed by atoms with E-state index >= 15 is 0 Å². The first-order valence-electron chi connectivity index (χ1n) is 8.87. The quantitative estimate of drug-likeness (QED) is 0.534. The zero-order valence-electron chi connectivity index (χ0n) is 15.5. The Hall–Kier alpha value is -1.15. The van der Waals surface area contributed by atoms with Crippen molar-refractivity contribution in [3.63, 3.8) is 0 Å². The number of aromatic nitrogens is 2. The average molecular weight is 463 g/mol. The molecule has 0 aliphatic carbocycles. The summed E-state index contributed by atoms with van der Waals surface area (Å²) in [5.41, 5.74) is 0.987. The SMILES string of the molecule is Cl.Cl.Cl.c1ccc2sc(-c3ccnc(NCCCN4CCNCC4)n3)cc2c1. The largest absolute Gasteiger partial charge is 0.354 e. The fourth-order valence-electron chi connectivity index (χ4n) is 3.13. The van der Waals surface area contributed by atoms with Gasteiger partial charge in [-0.25, -0.2) is 9.97 Å². The van der Waals surface area contributed by atoms with Crippen molar-refractivity contribution >= 4 is 64.6 Å². The maximum Gasteiger partial charge on any atom is 0.223 e. The standard InChI is InChI=1S/C19H23N5S.3ClH/c1-2-5-17-15(4-1)14-18(25-17)16-6-8-22-19(23-16)21-7-3-11-24-12-9-20-10-13-24;;;/h1-2,4-6,8,14,20H,3,7,9-13H2,(H,21,22,23);3*1H. The molecule has 0 bridgehead atoms. The number of fused-ring (bicyclic) bond motifs is 1. The van der Waals surface area contributed by atoms with Crippen molar-refractivity contribution < 1.29 is 0 Å². The number of hydrogen-bond donors (Lipinski definition) is 2. The number of nitrogens with one attached hydrogen (secondary N) is 2. The lowest BCUT2D eigenvalue weighted by Gasteiger charge is -2.27. The summed E-state index contributed by atoms with van der Waals surface area (Å²) in [5, 5.41) is 8.02. The van der Waals surface area contributed by atoms with Gasteiger partial charge >= 0.3 is 0 Å². The van der Waals surface area contributed by atoms with Crippen molar-refractivity contribution in [2.45, 2.75) is 6.42 Å². The van der Waals surface area contributed by atoms with Crippen LogP contribution in [0.15, 0.2) is 42.6 Å². The molecule has 0 atom stereocenters. The van der Waals surface area contributed by atoms with E-state index in [4.69, 9.17) is 0 Å². The van der Waals surface area contributed by atoms with Gasteiger partial charge in [-0.05, 0) is 36.6 Å². The highest BCUT2D eigenvalue weighted by Crippen LogP contribution is 2.32. The zero-order valence-corrected chi connectivity index (χ0v) is 18.7. The van der Waals surface area contributed by atoms with Gasteiger partial charge in [0.05, 0.1) is 10.6 Å². The maximum atomic E-state index is 4.69. The summed E-state index contributed by atoms with van der Waals surface area (Å²) in [4.78, 5) is 12.7. The van der Waals surface area contributed by atoms with E-state index in [2.05, 4.69) is 55.8 Å². The molecule has 0 saturated carbocycles. The maximum absolute atomic E-state index is 4.69. The highest BCUT2D eigenvalue weighted by Gasteiger charge is 2.09. The number of benzene rings is 1. The molecule has 2 aromatic heterocycles. The Morgan fingerprint density at radius 2 is 1.86 bits per heavy atom. The minimum Gasteiger partial charge on any atom is -0.354 e. The van der Waals surface area contributed by atoms with Crippen LogP contribution >= 0.6 is 48.6 Å². The summed E-state index contributed by atoms with van der Waals surface area (Å²) in [6.07, 6.45) is 2.95. The van der Waals surface area contributed by atoms with Crippen LogP contribution < -0.4 is 10.6 Å². The first kappa shape index (κ1) is 24.9. The van der Waals surface area contributed by atoms with Crippen LogP contribution in [0.25, 0.3) is 20.7 Å². The smallest absolute Gasteiger partial charge is 0.223 e. The van der Waals surface area contributed by atoms with Gasteiger partial charge < -0.3 is 15.5 Å². The molecule has 0 amide bonds. The first-order chi connectivity index (χ1) is 12.4. The van der Waals surface area contributed by atoms with E-state index in [9.17, 15) is 0 Å². The molecule has 2 N–H and O–H groups in total. The second kappa shape index (κ2) is 12.4. The molecule has 1 saturated heterocycles. The molecule has 0 unspecified atom stereocenters. The van der Waals surface area contributed by atoms with Gasteiger partial charge in [-0.3, -0.25) is 0 Å². The van der Waals surface area contributed by atoms with E-state index < -0.39 is 0 Å². The van der Waals surface area contributed by atoms with Gasteiger partial charge in [0.1, 0.15) is 0 Å². The molecule has 1 aliphatic rings. The molecule has 5 nitrogen and oxygen atoms in total. The second-order valence-electron chi connectivity index (χ2n) is 6.29. The van der Waals surface area contributed by atoms with E-state index in [1.165, 1.54) is 15.0 Å². The molecular formula is C19H26Cl3N5S. The van der Waals surface area contributed by atoms with Crippen molar-refractivity contribution in [2.75, 3.05) is 44.6 Å². The van der Waals surface area contributed by atoms with Gasteiger partial charge in [-0.1, -0.05) is 18.2 Å². The average Bonchev–Trinajstić information content (AvgIpc) is 3.11. The summed E-state index contributed by atoms with van der Waals surface area (Å²) in [6.45, 7) is 6.54. The van der Waals surface area contributed by atoms with Crippen LogP contribution in [0.5, 0.6) is 0 Å². The fraction of sp³-hybridized carbons (Fsp3) is 0.368. The Morgan fingerprint density at radius 3 is 2.64 bits per heavy atom. The van der Waals surface area contributed by atoms with Crippen LogP contribution in [0.4, 0.5) is 5.95 Å². The Balaban J connectivity index is 0.00000131. The minimum absolute atomic E-state index is 0. The van der Waals surface area contributed by atoms with E-state index in [1.54, 1.807) is 11.3 Å². The van der Waals surface area contributed by atoms with Crippen molar-refractivity contribution in [2.24, 2.45) is 0 Å². The number of nitrogens with zero attached hydrogens (tertiary/aromatic N) is 3. The van der Waals surface area contributed by atoms with Crippen LogP contribution in [0, 0.1) is 0 Å². The summed E-state index contributed by atoms with van der Waals surface area (Å²) < 4.78 is 1.29. The van der Waals surface area contributed by atoms with Gasteiger partial charge in [0.2, 0.25) is 5.95 Å². The number of hydrogen-bond acceptors (Lipinski definition) is 6. The molecule has 3 heterocycles. The van der Waals surface area contributed by atoms with Crippen molar-refractivity contribution in [3.05, 3.63) is 42.6 Å². The Kier molecular flexibility index (Phi) is 11.0. The third kappa shape index (κ3) is 6.44. The van der Waals surface area contributed by atoms with Crippen LogP contribution in [0.2, 0.25) is 0 Å². The topological polar surface area (TPSA) is 53.1 Å². The van der Waals surface area contributed by atoms with Crippen molar-refractivity contribution in [1.82, 2.24) is 20.2 Å². The van der Waals surface area contributed by atoms with Crippen LogP contribution in [0.3, 0.4) is 0 Å². The van der Waals surface area contributed by atoms with Gasteiger partial charge in [-0.15, -0.1) is 48.6 Å². The van der Waals surface area contributed by atoms with Gasteiger partial charge in [0.15, 0.2) is 0 Å². The molecule has 1 fully saturated rings. The van der Waals surface area contributed by atoms with Crippen molar-refractivity contribution in [3.8, 4) is 10.6 Å². The molecule has 0 spiro atoms. The van der Waals surface area contributed by atoms with E-state index in [0.717, 1.165) is 57.3 Å². The summed E-state index contributed by atoms with van der Waals surface area (Å²) >= 11 is 1.78. The molecule has 3 aromatic rings. The fourth-order valence-corrected chi connectivity index (χ4v) is 4.16. The first-order valence-corrected chi connectivity index (χ1v) is 9.69. The monoisotopic (exact) mass is 461 g/mol. The third-order valence-corrected chi connectivity index (χ3v) is 5.62. The highest BCUT2D eigenvalue weighted by molar-refractivity contribution is 7.22. The number of piperazine rings is 1. The molecule has 4 rings (SSSR count). The van der Waals surface area contributed by atoms with Crippen LogP contribution in [-0.4, -0.2) is 54.1 Å². The summed E-state index contributed by atoms with van der Waals surface area (Å²) in [6, 6.07) is 12.6. The predicted octanol–water partition coefficient (Wildman–Crippen LogP) is 4.33. The lowest BCUT2D eigenvalue weighted by molar-refractivity contribution is 0.240. The second-order valence-corrected chi connectivity index (χ2v) is 7.37. The van der Waals surface area contributed by atoms with E-state index in [-0.39, 0.29) is 37.2 Å². The van der Waals surface area contributed by atoms with Crippen molar-refractivity contribution in [1.29, 1.82) is 0 Å². The van der Waals surface area contributed by atoms with Gasteiger partial charge in [-0.2, -0.15) is 0 Å². The highest BCUT2D eigenvalue weighted by atomic mass is 35.5. The van der Waals surface area contributed by atoms with Crippen LogP contribution in [-0.2, 0) is 0 Å². The zero-order chi connectivity index (χ0) is 16.9. The lowest BCUT2D eigenvalue weighted by Crippen LogP contribution is -2.44. The number of rotatable bonds is 6. The Labute approximate surface area is 188 Å². The van der Waals surface area contributed by atoms with Gasteiger partial charge in [0, 0.05) is 43.6 Å². The Morgan fingerprint density at radius 1 is 1.07 bits per heavy atom. The number of halogens is 3. The number of thiophene rings is 1. The van der Waals surface area contributed by atoms with E-state index in [1.807, 2.05) is 12.3 Å². The molecular weight excluding hydrogens is 437 g/mol. The molecule has 28 heavy (non-hydrogen) atoms. The lowest BCUT2D eigenvalue weighted by atomic mass is 10.2. The predicted molar refractivity (Wildman–Crippen MR) is 127 cm³/mol. The normalized spacial score (nSPS) is 13.9. The Bertz CT molecular complexity index is 806. The molecule has 9 heteroatoms. The number of anilines is 1. The third-order valence-electron chi connectivity index (χ3n) is 4.48. The van der Waals surface area contributed by atoms with E-state index in [0.29, 0.717) is 0 Å². The molecule has 1 aromatic carbocycles. The minimum atomic E-state index is 0. The molecule has 154 valence electrons. The van der Waals surface area contributed by atoms with Crippen LogP contribution in [0.1, 0.15) is 6.42 Å². The van der Waals surface area contributed by atoms with Gasteiger partial charge in [0.25, 0.3) is 0 Å². The molecule has 1 aliphatic heterocycles. The summed E-state index contributed by atoms with van der Waals surface area (Å²) in [5.74, 6) is 0.718. The molecule has 0 radical (unpaired) electrons. The summed E-state index contributed by atoms with van der Waals surface area (Å²) in [7, 11) is 0.